The summed E-state index contributed by atoms with van der Waals surface area (Å²) in [5, 5.41) is 0. The zero-order valence-corrected chi connectivity index (χ0v) is 11.3. The van der Waals surface area contributed by atoms with Gasteiger partial charge in [-0.15, -0.1) is 0 Å². The van der Waals surface area contributed by atoms with Crippen molar-refractivity contribution >= 4 is 11.8 Å². The maximum absolute atomic E-state index is 12.5. The first kappa shape index (κ1) is 13.2. The molecule has 3 rings (SSSR count). The van der Waals surface area contributed by atoms with Crippen LogP contribution in [-0.2, 0) is 0 Å². The number of amides is 2. The van der Waals surface area contributed by atoms with Crippen LogP contribution in [0.5, 0.6) is 0 Å². The molecule has 0 aliphatic carbocycles. The zero-order valence-electron chi connectivity index (χ0n) is 11.3. The monoisotopic (exact) mass is 275 g/mol. The van der Waals surface area contributed by atoms with Gasteiger partial charge in [0.2, 0.25) is 0 Å². The van der Waals surface area contributed by atoms with E-state index in [1.807, 2.05) is 13.8 Å². The number of carbonyl (C=O) groups excluding carboxylic acids is 2. The molecule has 0 saturated carbocycles. The van der Waals surface area contributed by atoms with Crippen molar-refractivity contribution < 1.29 is 9.59 Å². The van der Waals surface area contributed by atoms with Gasteiger partial charge in [-0.3, -0.25) is 14.5 Å². The molecular weight excluding hydrogens is 258 g/mol. The summed E-state index contributed by atoms with van der Waals surface area (Å²) in [7, 11) is 0. The summed E-state index contributed by atoms with van der Waals surface area (Å²) in [5.74, 6) is -0.372. The van der Waals surface area contributed by atoms with Crippen LogP contribution in [0.3, 0.4) is 0 Å². The molecule has 7 heteroatoms. The van der Waals surface area contributed by atoms with E-state index in [4.69, 9.17) is 0 Å². The number of hydrogen-bond donors (Lipinski definition) is 4. The molecule has 2 aliphatic rings. The van der Waals surface area contributed by atoms with E-state index < -0.39 is 0 Å². The number of benzene rings is 1. The Kier molecular flexibility index (Phi) is 3.27. The highest BCUT2D eigenvalue weighted by Gasteiger charge is 2.44. The lowest BCUT2D eigenvalue weighted by Crippen LogP contribution is -2.57. The summed E-state index contributed by atoms with van der Waals surface area (Å²) in [4.78, 5) is 26.4. The molecule has 2 amide bonds. The third kappa shape index (κ3) is 1.92. The number of rotatable bonds is 3. The van der Waals surface area contributed by atoms with Crippen LogP contribution in [0.15, 0.2) is 24.3 Å². The van der Waals surface area contributed by atoms with Gasteiger partial charge < -0.3 is 0 Å². The standard InChI is InChI=1S/C13H17N5O2/c1-7(2)10(11-14-16-17-15-11)18-12(19)8-5-3-4-6-9(8)13(18)20/h3-7,10-11,14-17H,1-2H3. The van der Waals surface area contributed by atoms with E-state index in [2.05, 4.69) is 21.9 Å². The lowest BCUT2D eigenvalue weighted by molar-refractivity contribution is 0.0484. The Balaban J connectivity index is 1.97. The van der Waals surface area contributed by atoms with Crippen molar-refractivity contribution in [1.82, 2.24) is 26.8 Å². The van der Waals surface area contributed by atoms with Crippen LogP contribution < -0.4 is 21.9 Å². The van der Waals surface area contributed by atoms with Crippen LogP contribution in [0.25, 0.3) is 0 Å². The summed E-state index contributed by atoms with van der Waals surface area (Å²) < 4.78 is 0. The van der Waals surface area contributed by atoms with Crippen molar-refractivity contribution in [2.24, 2.45) is 5.92 Å². The molecule has 7 nitrogen and oxygen atoms in total. The molecule has 1 unspecified atom stereocenters. The van der Waals surface area contributed by atoms with Crippen LogP contribution in [0.2, 0.25) is 0 Å². The van der Waals surface area contributed by atoms with Gasteiger partial charge in [0.05, 0.1) is 17.2 Å². The second kappa shape index (κ2) is 4.95. The molecule has 0 bridgehead atoms. The number of nitrogens with one attached hydrogen (secondary N) is 4. The predicted molar refractivity (Wildman–Crippen MR) is 71.9 cm³/mol. The fraction of sp³-hybridized carbons (Fsp3) is 0.385. The Morgan fingerprint density at radius 2 is 1.50 bits per heavy atom. The minimum atomic E-state index is -0.301. The van der Waals surface area contributed by atoms with Gasteiger partial charge in [0.25, 0.3) is 11.8 Å². The van der Waals surface area contributed by atoms with E-state index in [0.29, 0.717) is 11.1 Å². The third-order valence-electron chi connectivity index (χ3n) is 3.67. The second-order valence-corrected chi connectivity index (χ2v) is 5.28. The first-order valence-corrected chi connectivity index (χ1v) is 6.59. The van der Waals surface area contributed by atoms with Crippen LogP contribution >= 0.6 is 0 Å². The van der Waals surface area contributed by atoms with E-state index in [-0.39, 0.29) is 29.9 Å². The van der Waals surface area contributed by atoms with Crippen LogP contribution in [-0.4, -0.2) is 28.9 Å². The first-order chi connectivity index (χ1) is 9.61. The zero-order chi connectivity index (χ0) is 14.3. The topological polar surface area (TPSA) is 85.5 Å². The Morgan fingerprint density at radius 3 is 1.95 bits per heavy atom. The summed E-state index contributed by atoms with van der Waals surface area (Å²) in [6.45, 7) is 3.96. The van der Waals surface area contributed by atoms with Gasteiger partial charge >= 0.3 is 0 Å². The Bertz CT molecular complexity index is 518. The van der Waals surface area contributed by atoms with E-state index in [1.54, 1.807) is 24.3 Å². The number of nitrogens with zero attached hydrogens (tertiary/aromatic N) is 1. The maximum atomic E-state index is 12.5. The van der Waals surface area contributed by atoms with E-state index in [9.17, 15) is 9.59 Å². The van der Waals surface area contributed by atoms with Crippen molar-refractivity contribution in [3.05, 3.63) is 35.4 Å². The van der Waals surface area contributed by atoms with Crippen molar-refractivity contribution in [3.63, 3.8) is 0 Å². The Morgan fingerprint density at radius 1 is 1.00 bits per heavy atom. The minimum absolute atomic E-state index is 0.101. The van der Waals surface area contributed by atoms with Gasteiger partial charge in [-0.05, 0) is 18.1 Å². The molecule has 4 N–H and O–H groups in total. The fourth-order valence-corrected chi connectivity index (χ4v) is 2.75. The molecule has 2 heterocycles. The molecule has 0 radical (unpaired) electrons. The molecule has 106 valence electrons. The van der Waals surface area contributed by atoms with Crippen molar-refractivity contribution in [2.75, 3.05) is 0 Å². The van der Waals surface area contributed by atoms with E-state index in [0.717, 1.165) is 0 Å². The molecule has 1 saturated heterocycles. The lowest BCUT2D eigenvalue weighted by atomic mass is 10.00. The molecule has 1 fully saturated rings. The maximum Gasteiger partial charge on any atom is 0.261 e. The summed E-state index contributed by atoms with van der Waals surface area (Å²) in [5.41, 5.74) is 12.3. The summed E-state index contributed by atoms with van der Waals surface area (Å²) in [6.07, 6.45) is -0.253. The average molecular weight is 275 g/mol. The first-order valence-electron chi connectivity index (χ1n) is 6.59. The van der Waals surface area contributed by atoms with E-state index in [1.165, 1.54) is 4.90 Å². The van der Waals surface area contributed by atoms with Crippen molar-refractivity contribution in [3.8, 4) is 0 Å². The summed E-state index contributed by atoms with van der Waals surface area (Å²) in [6, 6.07) is 6.63. The number of hydrazine groups is 3. The number of imide groups is 1. The van der Waals surface area contributed by atoms with E-state index >= 15 is 0 Å². The van der Waals surface area contributed by atoms with Crippen molar-refractivity contribution in [2.45, 2.75) is 26.1 Å². The predicted octanol–water partition coefficient (Wildman–Crippen LogP) is -0.250. The summed E-state index contributed by atoms with van der Waals surface area (Å²) >= 11 is 0. The molecule has 1 aromatic carbocycles. The SMILES string of the molecule is CC(C)C(C1NNNN1)N1C(=O)c2ccccc2C1=O. The third-order valence-corrected chi connectivity index (χ3v) is 3.67. The molecule has 1 aromatic rings. The molecule has 0 spiro atoms. The largest absolute Gasteiger partial charge is 0.269 e. The van der Waals surface area contributed by atoms with Crippen LogP contribution in [0.1, 0.15) is 34.6 Å². The number of hydrogen-bond acceptors (Lipinski definition) is 6. The number of fused-ring (bicyclic) bond motifs is 1. The minimum Gasteiger partial charge on any atom is -0.269 e. The Hall–Kier alpha value is -1.80. The highest BCUT2D eigenvalue weighted by molar-refractivity contribution is 6.21. The Labute approximate surface area is 116 Å². The fourth-order valence-electron chi connectivity index (χ4n) is 2.75. The molecule has 2 aliphatic heterocycles. The van der Waals surface area contributed by atoms with Crippen LogP contribution in [0.4, 0.5) is 0 Å². The van der Waals surface area contributed by atoms with Gasteiger partial charge in [-0.25, -0.2) is 10.9 Å². The smallest absolute Gasteiger partial charge is 0.261 e. The van der Waals surface area contributed by atoms with Gasteiger partial charge in [0.1, 0.15) is 6.17 Å². The van der Waals surface area contributed by atoms with Gasteiger partial charge in [-0.1, -0.05) is 26.0 Å². The normalized spacial score (nSPS) is 20.9. The van der Waals surface area contributed by atoms with Crippen LogP contribution in [0, 0.1) is 5.92 Å². The van der Waals surface area contributed by atoms with Gasteiger partial charge in [-0.2, -0.15) is 11.1 Å². The molecule has 1 atom stereocenters. The quantitative estimate of drug-likeness (QED) is 0.569. The molecule has 0 aromatic heterocycles. The molecule has 20 heavy (non-hydrogen) atoms. The van der Waals surface area contributed by atoms with Gasteiger partial charge in [0.15, 0.2) is 0 Å². The number of carbonyl (C=O) groups is 2. The highest BCUT2D eigenvalue weighted by Crippen LogP contribution is 2.28. The van der Waals surface area contributed by atoms with Gasteiger partial charge in [0, 0.05) is 0 Å². The average Bonchev–Trinajstić information content (AvgIpc) is 3.03. The second-order valence-electron chi connectivity index (χ2n) is 5.28. The highest BCUT2D eigenvalue weighted by atomic mass is 16.2. The lowest BCUT2D eigenvalue weighted by Gasteiger charge is -2.33. The molecular formula is C13H17N5O2. The van der Waals surface area contributed by atoms with Crippen molar-refractivity contribution in [1.29, 1.82) is 0 Å².